The summed E-state index contributed by atoms with van der Waals surface area (Å²) in [5, 5.41) is 0.490. The van der Waals surface area contributed by atoms with E-state index >= 15 is 0 Å². The van der Waals surface area contributed by atoms with E-state index in [1.807, 2.05) is 13.8 Å². The van der Waals surface area contributed by atoms with Gasteiger partial charge >= 0.3 is 11.9 Å². The molecular formula is C12H18N2O4S. The van der Waals surface area contributed by atoms with Crippen molar-refractivity contribution in [1.82, 2.24) is 9.97 Å². The highest BCUT2D eigenvalue weighted by Crippen LogP contribution is 2.15. The number of H-pyrrole nitrogens is 1. The van der Waals surface area contributed by atoms with Crippen molar-refractivity contribution in [2.75, 3.05) is 12.4 Å². The van der Waals surface area contributed by atoms with E-state index in [1.165, 1.54) is 18.0 Å². The summed E-state index contributed by atoms with van der Waals surface area (Å²) in [4.78, 5) is 29.6. The lowest BCUT2D eigenvalue weighted by atomic mass is 10.3. The Kier molecular flexibility index (Phi) is 6.41. The minimum Gasteiger partial charge on any atom is -0.462 e. The van der Waals surface area contributed by atoms with Crippen LogP contribution in [0.1, 0.15) is 37.7 Å². The second-order valence-electron chi connectivity index (χ2n) is 3.82. The Balaban J connectivity index is 2.42. The normalized spacial score (nSPS) is 11.9. The topological polar surface area (TPSA) is 81.3 Å². The van der Waals surface area contributed by atoms with E-state index in [4.69, 9.17) is 9.47 Å². The molecule has 0 aliphatic heterocycles. The molecule has 106 valence electrons. The number of hydrogen-bond acceptors (Lipinski definition) is 6. The molecule has 0 saturated carbocycles. The van der Waals surface area contributed by atoms with Crippen molar-refractivity contribution < 1.29 is 19.1 Å². The first kappa shape index (κ1) is 15.6. The van der Waals surface area contributed by atoms with Crippen LogP contribution in [0.5, 0.6) is 0 Å². The average molecular weight is 286 g/mol. The van der Waals surface area contributed by atoms with E-state index in [1.54, 1.807) is 6.92 Å². The van der Waals surface area contributed by atoms with Crippen LogP contribution in [0.3, 0.4) is 0 Å². The van der Waals surface area contributed by atoms with Gasteiger partial charge in [-0.2, -0.15) is 0 Å². The van der Waals surface area contributed by atoms with Crippen LogP contribution in [-0.4, -0.2) is 40.4 Å². The van der Waals surface area contributed by atoms with Gasteiger partial charge in [0.05, 0.1) is 24.7 Å². The van der Waals surface area contributed by atoms with Gasteiger partial charge in [0.1, 0.15) is 5.69 Å². The van der Waals surface area contributed by atoms with Gasteiger partial charge in [0.25, 0.3) is 0 Å². The van der Waals surface area contributed by atoms with Gasteiger partial charge in [-0.3, -0.25) is 4.79 Å². The zero-order valence-electron chi connectivity index (χ0n) is 11.3. The van der Waals surface area contributed by atoms with E-state index in [0.29, 0.717) is 11.8 Å². The van der Waals surface area contributed by atoms with Crippen molar-refractivity contribution in [3.05, 3.63) is 11.9 Å². The van der Waals surface area contributed by atoms with Gasteiger partial charge in [0.15, 0.2) is 5.16 Å². The molecule has 1 rings (SSSR count). The van der Waals surface area contributed by atoms with Gasteiger partial charge in [-0.25, -0.2) is 9.78 Å². The lowest BCUT2D eigenvalue weighted by Gasteiger charge is -2.09. The Morgan fingerprint density at radius 2 is 2.21 bits per heavy atom. The van der Waals surface area contributed by atoms with Crippen LogP contribution in [0.2, 0.25) is 0 Å². The number of carbonyl (C=O) groups excluding carboxylic acids is 2. The van der Waals surface area contributed by atoms with Crippen molar-refractivity contribution in [3.8, 4) is 0 Å². The lowest BCUT2D eigenvalue weighted by molar-refractivity contribution is -0.144. The standard InChI is InChI=1S/C12H18N2O4S/c1-4-8(3)18-10(15)7-19-12-13-6-9(14-12)11(16)17-5-2/h6,8H,4-5,7H2,1-3H3,(H,13,14). The van der Waals surface area contributed by atoms with E-state index in [2.05, 4.69) is 9.97 Å². The molecule has 1 N–H and O–H groups in total. The predicted molar refractivity (Wildman–Crippen MR) is 71.1 cm³/mol. The molecule has 6 nitrogen and oxygen atoms in total. The maximum Gasteiger partial charge on any atom is 0.356 e. The monoisotopic (exact) mass is 286 g/mol. The molecule has 1 aromatic heterocycles. The Morgan fingerprint density at radius 1 is 1.47 bits per heavy atom. The fourth-order valence-corrected chi connectivity index (χ4v) is 1.79. The van der Waals surface area contributed by atoms with E-state index in [9.17, 15) is 9.59 Å². The molecule has 1 heterocycles. The Morgan fingerprint density at radius 3 is 2.84 bits per heavy atom. The van der Waals surface area contributed by atoms with E-state index in [0.717, 1.165) is 6.42 Å². The Bertz CT molecular complexity index is 433. The van der Waals surface area contributed by atoms with Crippen LogP contribution in [0.15, 0.2) is 11.4 Å². The third-order valence-corrected chi connectivity index (χ3v) is 3.14. The molecule has 0 aliphatic rings. The molecule has 1 aromatic rings. The number of aromatic nitrogens is 2. The summed E-state index contributed by atoms with van der Waals surface area (Å²) in [5.74, 6) is -0.599. The number of nitrogens with one attached hydrogen (secondary N) is 1. The van der Waals surface area contributed by atoms with Crippen LogP contribution in [-0.2, 0) is 14.3 Å². The highest BCUT2D eigenvalue weighted by molar-refractivity contribution is 7.99. The number of imidazole rings is 1. The van der Waals surface area contributed by atoms with Crippen molar-refractivity contribution in [2.24, 2.45) is 0 Å². The SMILES string of the molecule is CCOC(=O)c1cnc(SCC(=O)OC(C)CC)[nH]1. The first-order chi connectivity index (χ1) is 9.06. The van der Waals surface area contributed by atoms with E-state index in [-0.39, 0.29) is 23.5 Å². The highest BCUT2D eigenvalue weighted by atomic mass is 32.2. The van der Waals surface area contributed by atoms with E-state index < -0.39 is 5.97 Å². The molecule has 1 atom stereocenters. The van der Waals surface area contributed by atoms with Crippen molar-refractivity contribution >= 4 is 23.7 Å². The summed E-state index contributed by atoms with van der Waals surface area (Å²) in [6.45, 7) is 5.83. The zero-order chi connectivity index (χ0) is 14.3. The maximum absolute atomic E-state index is 11.5. The molecule has 0 amide bonds. The summed E-state index contributed by atoms with van der Waals surface area (Å²) in [6.07, 6.45) is 2.09. The number of hydrogen-bond donors (Lipinski definition) is 1. The third-order valence-electron chi connectivity index (χ3n) is 2.28. The predicted octanol–water partition coefficient (Wildman–Crippen LogP) is 2.02. The fraction of sp³-hybridized carbons (Fsp3) is 0.583. The minimum atomic E-state index is -0.455. The molecule has 0 bridgehead atoms. The minimum absolute atomic E-state index is 0.0835. The average Bonchev–Trinajstić information content (AvgIpc) is 2.85. The van der Waals surface area contributed by atoms with Crippen LogP contribution in [0.25, 0.3) is 0 Å². The molecule has 0 radical (unpaired) electrons. The van der Waals surface area contributed by atoms with Crippen LogP contribution < -0.4 is 0 Å². The first-order valence-electron chi connectivity index (χ1n) is 6.11. The van der Waals surface area contributed by atoms with Gasteiger partial charge < -0.3 is 14.5 Å². The van der Waals surface area contributed by atoms with Crippen molar-refractivity contribution in [1.29, 1.82) is 0 Å². The lowest BCUT2D eigenvalue weighted by Crippen LogP contribution is -2.15. The van der Waals surface area contributed by atoms with Crippen molar-refractivity contribution in [2.45, 2.75) is 38.5 Å². The molecule has 0 aliphatic carbocycles. The molecule has 0 fully saturated rings. The number of nitrogens with zero attached hydrogens (tertiary/aromatic N) is 1. The molecule has 0 saturated heterocycles. The number of ether oxygens (including phenoxy) is 2. The summed E-state index contributed by atoms with van der Waals surface area (Å²) >= 11 is 1.19. The first-order valence-corrected chi connectivity index (χ1v) is 7.09. The Labute approximate surface area is 116 Å². The van der Waals surface area contributed by atoms with Crippen molar-refractivity contribution in [3.63, 3.8) is 0 Å². The summed E-state index contributed by atoms with van der Waals surface area (Å²) < 4.78 is 9.94. The molecule has 0 aromatic carbocycles. The summed E-state index contributed by atoms with van der Waals surface area (Å²) in [6, 6.07) is 0. The van der Waals surface area contributed by atoms with Crippen LogP contribution >= 0.6 is 11.8 Å². The molecule has 7 heteroatoms. The second kappa shape index (κ2) is 7.83. The smallest absolute Gasteiger partial charge is 0.356 e. The largest absolute Gasteiger partial charge is 0.462 e. The molecule has 19 heavy (non-hydrogen) atoms. The summed E-state index contributed by atoms with van der Waals surface area (Å²) in [5.41, 5.74) is 0.277. The number of rotatable bonds is 7. The van der Waals surface area contributed by atoms with Gasteiger partial charge in [-0.05, 0) is 20.3 Å². The second-order valence-corrected chi connectivity index (χ2v) is 4.78. The zero-order valence-corrected chi connectivity index (χ0v) is 12.1. The quantitative estimate of drug-likeness (QED) is 0.610. The van der Waals surface area contributed by atoms with Crippen LogP contribution in [0, 0.1) is 0 Å². The maximum atomic E-state index is 11.5. The number of carbonyl (C=O) groups is 2. The van der Waals surface area contributed by atoms with Gasteiger partial charge in [0, 0.05) is 0 Å². The van der Waals surface area contributed by atoms with Crippen LogP contribution in [0.4, 0.5) is 0 Å². The van der Waals surface area contributed by atoms with Gasteiger partial charge in [0.2, 0.25) is 0 Å². The highest BCUT2D eigenvalue weighted by Gasteiger charge is 2.13. The molecule has 0 spiro atoms. The number of esters is 2. The summed E-state index contributed by atoms with van der Waals surface area (Å²) in [7, 11) is 0. The fourth-order valence-electron chi connectivity index (χ4n) is 1.16. The third kappa shape index (κ3) is 5.34. The van der Waals surface area contributed by atoms with Gasteiger partial charge in [-0.1, -0.05) is 18.7 Å². The number of aromatic amines is 1. The van der Waals surface area contributed by atoms with Gasteiger partial charge in [-0.15, -0.1) is 0 Å². The molecular weight excluding hydrogens is 268 g/mol. The number of thioether (sulfide) groups is 1. The molecule has 1 unspecified atom stereocenters. The Hall–Kier alpha value is -1.50.